The van der Waals surface area contributed by atoms with Gasteiger partial charge < -0.3 is 4.57 Å². The second kappa shape index (κ2) is 9.01. The third-order valence-electron chi connectivity index (χ3n) is 4.49. The Bertz CT molecular complexity index is 1320. The highest BCUT2D eigenvalue weighted by molar-refractivity contribution is 7.93. The van der Waals surface area contributed by atoms with Gasteiger partial charge in [0.15, 0.2) is 0 Å². The molecule has 2 heterocycles. The molecule has 0 saturated heterocycles. The molecule has 0 aliphatic rings. The fourth-order valence-electron chi connectivity index (χ4n) is 2.90. The molecule has 8 nitrogen and oxygen atoms in total. The van der Waals surface area contributed by atoms with Gasteiger partial charge in [-0.3, -0.25) is 10.1 Å². The van der Waals surface area contributed by atoms with Crippen LogP contribution < -0.4 is 5.32 Å². The zero-order valence-electron chi connectivity index (χ0n) is 16.9. The molecule has 0 spiro atoms. The molecule has 0 radical (unpaired) electrons. The van der Waals surface area contributed by atoms with E-state index < -0.39 is 15.7 Å². The van der Waals surface area contributed by atoms with Crippen LogP contribution in [0.1, 0.15) is 23.9 Å². The lowest BCUT2D eigenvalue weighted by molar-refractivity contribution is -0.112. The Morgan fingerprint density at radius 2 is 1.97 bits per heavy atom. The fourth-order valence-corrected chi connectivity index (χ4v) is 5.01. The van der Waals surface area contributed by atoms with E-state index in [1.807, 2.05) is 42.7 Å². The predicted octanol–water partition coefficient (Wildman–Crippen LogP) is 3.94. The molecule has 0 aliphatic heterocycles. The van der Waals surface area contributed by atoms with Crippen LogP contribution in [0.3, 0.4) is 0 Å². The molecule has 0 fully saturated rings. The van der Waals surface area contributed by atoms with E-state index in [0.717, 1.165) is 28.4 Å². The number of nitrogens with zero attached hydrogens (tertiary/aromatic N) is 4. The monoisotopic (exact) mass is 475 g/mol. The predicted molar refractivity (Wildman–Crippen MR) is 120 cm³/mol. The highest BCUT2D eigenvalue weighted by Gasteiger charge is 2.20. The van der Waals surface area contributed by atoms with E-state index in [2.05, 4.69) is 15.5 Å². The zero-order chi connectivity index (χ0) is 22.8. The quantitative estimate of drug-likeness (QED) is 0.327. The van der Waals surface area contributed by atoms with Crippen molar-refractivity contribution >= 4 is 49.9 Å². The minimum atomic E-state index is -3.52. The van der Waals surface area contributed by atoms with E-state index in [1.165, 1.54) is 13.0 Å². The summed E-state index contributed by atoms with van der Waals surface area (Å²) in [5.41, 5.74) is 3.22. The maximum Gasteiger partial charge on any atom is 0.268 e. The Morgan fingerprint density at radius 3 is 2.58 bits per heavy atom. The molecule has 1 aromatic carbocycles. The number of aromatic nitrogens is 3. The van der Waals surface area contributed by atoms with Crippen molar-refractivity contribution in [2.24, 2.45) is 0 Å². The first-order valence-corrected chi connectivity index (χ1v) is 11.9. The average Bonchev–Trinajstić information content (AvgIpc) is 3.31. The Balaban J connectivity index is 1.88. The summed E-state index contributed by atoms with van der Waals surface area (Å²) in [6.07, 6.45) is 1.48. The maximum absolute atomic E-state index is 12.6. The largest absolute Gasteiger partial charge is 0.318 e. The zero-order valence-corrected chi connectivity index (χ0v) is 19.3. The molecule has 0 atom stereocenters. The summed E-state index contributed by atoms with van der Waals surface area (Å²) in [6.45, 7) is 5.29. The molecular formula is C20H18ClN5O3S2. The lowest BCUT2D eigenvalue weighted by Crippen LogP contribution is -2.13. The summed E-state index contributed by atoms with van der Waals surface area (Å²) < 4.78 is 25.5. The van der Waals surface area contributed by atoms with Gasteiger partial charge in [-0.2, -0.15) is 5.26 Å². The van der Waals surface area contributed by atoms with Crippen LogP contribution in [0, 0.1) is 25.2 Å². The smallest absolute Gasteiger partial charge is 0.268 e. The van der Waals surface area contributed by atoms with Gasteiger partial charge in [0.05, 0.1) is 5.75 Å². The molecule has 3 aromatic rings. The van der Waals surface area contributed by atoms with E-state index in [1.54, 1.807) is 12.1 Å². The molecule has 11 heteroatoms. The SMILES string of the molecule is CCS(=O)(=O)c1nnc(NC(=O)C(C#N)=Cc2cc(C)n(-c3ccc(Cl)cc3)c2C)s1. The first-order chi connectivity index (χ1) is 14.7. The van der Waals surface area contributed by atoms with Gasteiger partial charge in [-0.15, -0.1) is 10.2 Å². The number of nitrogens with one attached hydrogen (secondary N) is 1. The second-order valence-corrected chi connectivity index (χ2v) is 10.4. The van der Waals surface area contributed by atoms with Crippen LogP contribution in [0.15, 0.2) is 40.2 Å². The number of aryl methyl sites for hydroxylation is 1. The molecule has 1 N–H and O–H groups in total. The summed E-state index contributed by atoms with van der Waals surface area (Å²) in [5, 5.41) is 19.8. The Kier molecular flexibility index (Phi) is 6.59. The average molecular weight is 476 g/mol. The number of carbonyl (C=O) groups excluding carboxylic acids is 1. The number of hydrogen-bond acceptors (Lipinski definition) is 7. The van der Waals surface area contributed by atoms with Crippen LogP contribution in [0.4, 0.5) is 5.13 Å². The van der Waals surface area contributed by atoms with Crippen LogP contribution in [0.5, 0.6) is 0 Å². The number of sulfone groups is 1. The Labute approximate surface area is 188 Å². The van der Waals surface area contributed by atoms with Crippen LogP contribution in [-0.4, -0.2) is 34.8 Å². The van der Waals surface area contributed by atoms with Gasteiger partial charge in [0.25, 0.3) is 5.91 Å². The topological polar surface area (TPSA) is 118 Å². The minimum absolute atomic E-state index is 0.00446. The van der Waals surface area contributed by atoms with Gasteiger partial charge in [0, 0.05) is 22.1 Å². The van der Waals surface area contributed by atoms with Crippen LogP contribution in [0.25, 0.3) is 11.8 Å². The third-order valence-corrected chi connectivity index (χ3v) is 7.76. The van der Waals surface area contributed by atoms with Gasteiger partial charge in [-0.25, -0.2) is 8.42 Å². The number of amides is 1. The number of carbonyl (C=O) groups is 1. The summed E-state index contributed by atoms with van der Waals surface area (Å²) in [5.74, 6) is -0.822. The number of anilines is 1. The second-order valence-electron chi connectivity index (χ2n) is 6.54. The van der Waals surface area contributed by atoms with Crippen molar-refractivity contribution in [2.75, 3.05) is 11.1 Å². The Hall–Kier alpha value is -3.00. The van der Waals surface area contributed by atoms with Crippen LogP contribution in [-0.2, 0) is 14.6 Å². The number of halogens is 1. The van der Waals surface area contributed by atoms with E-state index in [9.17, 15) is 18.5 Å². The Morgan fingerprint density at radius 1 is 1.29 bits per heavy atom. The van der Waals surface area contributed by atoms with E-state index in [0.29, 0.717) is 10.6 Å². The summed E-state index contributed by atoms with van der Waals surface area (Å²) in [4.78, 5) is 12.6. The van der Waals surface area contributed by atoms with Crippen molar-refractivity contribution in [3.8, 4) is 11.8 Å². The van der Waals surface area contributed by atoms with E-state index in [-0.39, 0.29) is 20.8 Å². The fraction of sp³-hybridized carbons (Fsp3) is 0.200. The first kappa shape index (κ1) is 22.7. The van der Waals surface area contributed by atoms with Crippen molar-refractivity contribution in [1.29, 1.82) is 5.26 Å². The standard InChI is InChI=1S/C20H18ClN5O3S2/c1-4-31(28,29)20-25-24-19(30-20)23-18(27)15(11-22)10-14-9-12(2)26(13(14)3)17-7-5-16(21)6-8-17/h5-10H,4H2,1-3H3,(H,23,24,27). The lowest BCUT2D eigenvalue weighted by atomic mass is 10.1. The van der Waals surface area contributed by atoms with Crippen molar-refractivity contribution in [3.63, 3.8) is 0 Å². The molecule has 0 bridgehead atoms. The van der Waals surface area contributed by atoms with Gasteiger partial charge in [-0.1, -0.05) is 29.9 Å². The van der Waals surface area contributed by atoms with E-state index >= 15 is 0 Å². The number of nitriles is 1. The van der Waals surface area contributed by atoms with Crippen LogP contribution in [0.2, 0.25) is 5.02 Å². The molecule has 2 aromatic heterocycles. The van der Waals surface area contributed by atoms with Crippen molar-refractivity contribution in [3.05, 3.63) is 57.9 Å². The molecule has 0 saturated carbocycles. The van der Waals surface area contributed by atoms with Crippen molar-refractivity contribution < 1.29 is 13.2 Å². The van der Waals surface area contributed by atoms with Crippen molar-refractivity contribution in [2.45, 2.75) is 25.1 Å². The van der Waals surface area contributed by atoms with E-state index in [4.69, 9.17) is 11.6 Å². The first-order valence-electron chi connectivity index (χ1n) is 9.10. The summed E-state index contributed by atoms with van der Waals surface area (Å²) in [7, 11) is -3.52. The number of rotatable bonds is 6. The number of hydrogen-bond donors (Lipinski definition) is 1. The van der Waals surface area contributed by atoms with Crippen LogP contribution >= 0.6 is 22.9 Å². The summed E-state index contributed by atoms with van der Waals surface area (Å²) >= 11 is 6.71. The molecule has 31 heavy (non-hydrogen) atoms. The van der Waals surface area contributed by atoms with Gasteiger partial charge in [-0.05, 0) is 55.8 Å². The van der Waals surface area contributed by atoms with Gasteiger partial charge >= 0.3 is 0 Å². The van der Waals surface area contributed by atoms with Gasteiger partial charge in [0.1, 0.15) is 11.6 Å². The molecular weight excluding hydrogens is 458 g/mol. The molecule has 160 valence electrons. The molecule has 3 rings (SSSR count). The highest BCUT2D eigenvalue weighted by atomic mass is 35.5. The molecule has 0 aliphatic carbocycles. The molecule has 0 unspecified atom stereocenters. The third kappa shape index (κ3) is 4.85. The normalized spacial score (nSPS) is 11.9. The maximum atomic E-state index is 12.6. The van der Waals surface area contributed by atoms with Gasteiger partial charge in [0.2, 0.25) is 19.3 Å². The minimum Gasteiger partial charge on any atom is -0.318 e. The molecule has 1 amide bonds. The highest BCUT2D eigenvalue weighted by Crippen LogP contribution is 2.25. The van der Waals surface area contributed by atoms with Crippen molar-refractivity contribution in [1.82, 2.24) is 14.8 Å². The number of benzene rings is 1. The lowest BCUT2D eigenvalue weighted by Gasteiger charge is -2.09. The summed E-state index contributed by atoms with van der Waals surface area (Å²) in [6, 6.07) is 11.1.